The lowest BCUT2D eigenvalue weighted by Gasteiger charge is -2.33. The molecule has 1 aliphatic rings. The van der Waals surface area contributed by atoms with Crippen LogP contribution in [0.15, 0.2) is 0 Å². The quantitative estimate of drug-likeness (QED) is 0.787. The molecule has 1 heterocycles. The first-order valence-corrected chi connectivity index (χ1v) is 7.47. The van der Waals surface area contributed by atoms with Gasteiger partial charge >= 0.3 is 12.1 Å². The molecular weight excluding hydrogens is 258 g/mol. The van der Waals surface area contributed by atoms with E-state index in [-0.39, 0.29) is 12.5 Å². The third-order valence-electron chi connectivity index (χ3n) is 3.52. The molecule has 1 saturated heterocycles. The van der Waals surface area contributed by atoms with Crippen molar-refractivity contribution in [3.63, 3.8) is 0 Å². The van der Waals surface area contributed by atoms with Crippen LogP contribution in [0.4, 0.5) is 4.79 Å². The lowest BCUT2D eigenvalue weighted by Crippen LogP contribution is -2.41. The number of carbonyl (C=O) groups is 2. The lowest BCUT2D eigenvalue weighted by molar-refractivity contribution is -0.137. The summed E-state index contributed by atoms with van der Waals surface area (Å²) in [4.78, 5) is 24.1. The highest BCUT2D eigenvalue weighted by Gasteiger charge is 2.26. The van der Waals surface area contributed by atoms with Crippen molar-refractivity contribution >= 4 is 12.1 Å². The van der Waals surface area contributed by atoms with Crippen LogP contribution in [-0.2, 0) is 9.53 Å². The summed E-state index contributed by atoms with van der Waals surface area (Å²) in [6, 6.07) is 0. The fourth-order valence-corrected chi connectivity index (χ4v) is 2.44. The smallest absolute Gasteiger partial charge is 0.410 e. The van der Waals surface area contributed by atoms with E-state index in [2.05, 4.69) is 0 Å². The zero-order valence-corrected chi connectivity index (χ0v) is 12.9. The minimum Gasteiger partial charge on any atom is -0.481 e. The van der Waals surface area contributed by atoms with Crippen LogP contribution in [0.3, 0.4) is 0 Å². The first-order chi connectivity index (χ1) is 9.28. The predicted molar refractivity (Wildman–Crippen MR) is 76.6 cm³/mol. The number of hydrogen-bond acceptors (Lipinski definition) is 3. The molecule has 0 atom stereocenters. The molecule has 20 heavy (non-hydrogen) atoms. The number of carboxylic acid groups (broad SMARTS) is 1. The van der Waals surface area contributed by atoms with Crippen LogP contribution in [0.5, 0.6) is 0 Å². The van der Waals surface area contributed by atoms with Gasteiger partial charge in [0, 0.05) is 19.5 Å². The van der Waals surface area contributed by atoms with Gasteiger partial charge in [-0.15, -0.1) is 0 Å². The van der Waals surface area contributed by atoms with Crippen LogP contribution in [0.2, 0.25) is 0 Å². The standard InChI is InChI=1S/C15H27NO4/c1-15(2,3)20-14(19)16-10-8-12(9-11-16)6-4-5-7-13(17)18/h12H,4-11H2,1-3H3,(H,17,18). The fourth-order valence-electron chi connectivity index (χ4n) is 2.44. The normalized spacial score (nSPS) is 17.1. The molecule has 5 heteroatoms. The van der Waals surface area contributed by atoms with E-state index in [0.29, 0.717) is 5.92 Å². The van der Waals surface area contributed by atoms with Crippen LogP contribution in [0.1, 0.15) is 59.3 Å². The molecule has 0 aromatic heterocycles. The molecule has 5 nitrogen and oxygen atoms in total. The fraction of sp³-hybridized carbons (Fsp3) is 0.867. The zero-order chi connectivity index (χ0) is 15.2. The molecule has 0 aromatic carbocycles. The number of hydrogen-bond donors (Lipinski definition) is 1. The van der Waals surface area contributed by atoms with Gasteiger partial charge in [-0.2, -0.15) is 0 Å². The molecule has 0 aromatic rings. The SMILES string of the molecule is CC(C)(C)OC(=O)N1CCC(CCCCC(=O)O)CC1. The number of carboxylic acids is 1. The molecule has 0 saturated carbocycles. The highest BCUT2D eigenvalue weighted by molar-refractivity contribution is 5.68. The Morgan fingerprint density at radius 2 is 1.80 bits per heavy atom. The van der Waals surface area contributed by atoms with E-state index in [0.717, 1.165) is 45.2 Å². The van der Waals surface area contributed by atoms with Crippen molar-refractivity contribution < 1.29 is 19.4 Å². The summed E-state index contributed by atoms with van der Waals surface area (Å²) in [6.07, 6.45) is 4.80. The van der Waals surface area contributed by atoms with E-state index in [9.17, 15) is 9.59 Å². The second-order valence-corrected chi connectivity index (χ2v) is 6.55. The van der Waals surface area contributed by atoms with Gasteiger partial charge in [0.25, 0.3) is 0 Å². The summed E-state index contributed by atoms with van der Waals surface area (Å²) in [6.45, 7) is 7.12. The van der Waals surface area contributed by atoms with Crippen molar-refractivity contribution in [2.24, 2.45) is 5.92 Å². The second-order valence-electron chi connectivity index (χ2n) is 6.55. The van der Waals surface area contributed by atoms with Gasteiger partial charge in [0.1, 0.15) is 5.60 Å². The third-order valence-corrected chi connectivity index (χ3v) is 3.52. The Morgan fingerprint density at radius 1 is 1.20 bits per heavy atom. The van der Waals surface area contributed by atoms with Gasteiger partial charge in [0.15, 0.2) is 0 Å². The van der Waals surface area contributed by atoms with Crippen LogP contribution in [0.25, 0.3) is 0 Å². The number of unbranched alkanes of at least 4 members (excludes halogenated alkanes) is 1. The zero-order valence-electron chi connectivity index (χ0n) is 12.9. The molecule has 116 valence electrons. The number of ether oxygens (including phenoxy) is 1. The number of aliphatic carboxylic acids is 1. The number of likely N-dealkylation sites (tertiary alicyclic amines) is 1. The molecule has 1 aliphatic heterocycles. The monoisotopic (exact) mass is 285 g/mol. The molecule has 0 radical (unpaired) electrons. The van der Waals surface area contributed by atoms with Gasteiger partial charge in [0.2, 0.25) is 0 Å². The summed E-state index contributed by atoms with van der Waals surface area (Å²) in [5.74, 6) is -0.104. The van der Waals surface area contributed by atoms with Crippen LogP contribution in [-0.4, -0.2) is 40.8 Å². The van der Waals surface area contributed by atoms with Gasteiger partial charge in [-0.3, -0.25) is 4.79 Å². The first-order valence-electron chi connectivity index (χ1n) is 7.47. The second kappa shape index (κ2) is 7.50. The Morgan fingerprint density at radius 3 is 2.30 bits per heavy atom. The van der Waals surface area contributed by atoms with Gasteiger partial charge in [0.05, 0.1) is 0 Å². The average molecular weight is 285 g/mol. The van der Waals surface area contributed by atoms with Crippen LogP contribution in [0, 0.1) is 5.92 Å². The number of nitrogens with zero attached hydrogens (tertiary/aromatic N) is 1. The summed E-state index contributed by atoms with van der Waals surface area (Å²) >= 11 is 0. The molecule has 1 rings (SSSR count). The molecule has 0 spiro atoms. The maximum absolute atomic E-state index is 11.9. The van der Waals surface area contributed by atoms with E-state index < -0.39 is 11.6 Å². The predicted octanol–water partition coefficient (Wildman–Crippen LogP) is 3.28. The largest absolute Gasteiger partial charge is 0.481 e. The van der Waals surface area contributed by atoms with E-state index >= 15 is 0 Å². The molecular formula is C15H27NO4. The van der Waals surface area contributed by atoms with Crippen molar-refractivity contribution in [3.8, 4) is 0 Å². The third kappa shape index (κ3) is 6.78. The molecule has 0 unspecified atom stereocenters. The van der Waals surface area contributed by atoms with Gasteiger partial charge in [-0.25, -0.2) is 4.79 Å². The Kier molecular flexibility index (Phi) is 6.30. The number of carbonyl (C=O) groups excluding carboxylic acids is 1. The van der Waals surface area contributed by atoms with Crippen molar-refractivity contribution in [1.29, 1.82) is 0 Å². The molecule has 1 amide bonds. The highest BCUT2D eigenvalue weighted by Crippen LogP contribution is 2.24. The van der Waals surface area contributed by atoms with Crippen molar-refractivity contribution in [1.82, 2.24) is 4.90 Å². The Bertz CT molecular complexity index is 327. The van der Waals surface area contributed by atoms with Crippen LogP contribution < -0.4 is 0 Å². The maximum Gasteiger partial charge on any atom is 0.410 e. The Hall–Kier alpha value is -1.26. The van der Waals surface area contributed by atoms with Crippen molar-refractivity contribution in [3.05, 3.63) is 0 Å². The average Bonchev–Trinajstić information content (AvgIpc) is 2.33. The number of piperidine rings is 1. The van der Waals surface area contributed by atoms with E-state index in [1.807, 2.05) is 20.8 Å². The van der Waals surface area contributed by atoms with Gasteiger partial charge in [-0.05, 0) is 46.0 Å². The molecule has 0 aliphatic carbocycles. The number of rotatable bonds is 5. The maximum atomic E-state index is 11.9. The van der Waals surface area contributed by atoms with E-state index in [1.165, 1.54) is 0 Å². The topological polar surface area (TPSA) is 66.8 Å². The van der Waals surface area contributed by atoms with E-state index in [4.69, 9.17) is 9.84 Å². The van der Waals surface area contributed by atoms with Gasteiger partial charge < -0.3 is 14.7 Å². The first kappa shape index (κ1) is 16.8. The summed E-state index contributed by atoms with van der Waals surface area (Å²) < 4.78 is 5.36. The molecule has 1 fully saturated rings. The minimum absolute atomic E-state index is 0.221. The van der Waals surface area contributed by atoms with Gasteiger partial charge in [-0.1, -0.05) is 12.8 Å². The Labute approximate surface area is 121 Å². The summed E-state index contributed by atoms with van der Waals surface area (Å²) in [7, 11) is 0. The molecule has 0 bridgehead atoms. The lowest BCUT2D eigenvalue weighted by atomic mass is 9.91. The molecule has 1 N–H and O–H groups in total. The highest BCUT2D eigenvalue weighted by atomic mass is 16.6. The minimum atomic E-state index is -0.718. The van der Waals surface area contributed by atoms with Crippen molar-refractivity contribution in [2.75, 3.05) is 13.1 Å². The van der Waals surface area contributed by atoms with Crippen molar-refractivity contribution in [2.45, 2.75) is 64.9 Å². The summed E-state index contributed by atoms with van der Waals surface area (Å²) in [5.41, 5.74) is -0.440. The Balaban J connectivity index is 2.19. The summed E-state index contributed by atoms with van der Waals surface area (Å²) in [5, 5.41) is 8.58. The van der Waals surface area contributed by atoms with Crippen LogP contribution >= 0.6 is 0 Å². The van der Waals surface area contributed by atoms with E-state index in [1.54, 1.807) is 4.90 Å². The number of amides is 1.